The summed E-state index contributed by atoms with van der Waals surface area (Å²) in [6.45, 7) is 2.44. The molecule has 3 nitrogen and oxygen atoms in total. The Morgan fingerprint density at radius 1 is 1.17 bits per heavy atom. The molecule has 0 saturated heterocycles. The molecule has 1 aromatic carbocycles. The van der Waals surface area contributed by atoms with Gasteiger partial charge in [-0.2, -0.15) is 0 Å². The van der Waals surface area contributed by atoms with Crippen LogP contribution < -0.4 is 9.47 Å². The number of nitrogens with zero attached hydrogens (tertiary/aromatic N) is 1. The highest BCUT2D eigenvalue weighted by Gasteiger charge is 2.18. The normalized spacial score (nSPS) is 15.3. The van der Waals surface area contributed by atoms with E-state index in [1.54, 1.807) is 14.2 Å². The van der Waals surface area contributed by atoms with Crippen molar-refractivity contribution in [3.05, 3.63) is 23.3 Å². The number of benzene rings is 1. The zero-order valence-corrected chi connectivity index (χ0v) is 11.0. The van der Waals surface area contributed by atoms with E-state index in [9.17, 15) is 4.39 Å². The summed E-state index contributed by atoms with van der Waals surface area (Å²) in [6, 6.07) is 4.09. The summed E-state index contributed by atoms with van der Waals surface area (Å²) in [5, 5.41) is 0. The Morgan fingerprint density at radius 2 is 1.83 bits per heavy atom. The molecule has 18 heavy (non-hydrogen) atoms. The topological polar surface area (TPSA) is 21.7 Å². The molecule has 100 valence electrons. The van der Waals surface area contributed by atoms with Crippen LogP contribution in [0.1, 0.15) is 17.5 Å². The van der Waals surface area contributed by atoms with Gasteiger partial charge in [0.2, 0.25) is 0 Å². The van der Waals surface area contributed by atoms with E-state index in [1.165, 1.54) is 11.1 Å². The van der Waals surface area contributed by atoms with E-state index in [0.29, 0.717) is 6.42 Å². The number of rotatable bonds is 5. The van der Waals surface area contributed by atoms with E-state index < -0.39 is 0 Å². The number of fused-ring (bicyclic) bond motifs is 1. The average Bonchev–Trinajstić information content (AvgIpc) is 2.43. The SMILES string of the molecule is COc1cc2c(cc1OC)CN(CCCF)CC2. The van der Waals surface area contributed by atoms with Crippen LogP contribution >= 0.6 is 0 Å². The van der Waals surface area contributed by atoms with Crippen LogP contribution in [-0.2, 0) is 13.0 Å². The van der Waals surface area contributed by atoms with Crippen LogP contribution in [0.15, 0.2) is 12.1 Å². The van der Waals surface area contributed by atoms with E-state index in [4.69, 9.17) is 9.47 Å². The smallest absolute Gasteiger partial charge is 0.161 e. The van der Waals surface area contributed by atoms with Crippen LogP contribution in [0, 0.1) is 0 Å². The minimum atomic E-state index is -0.241. The maximum Gasteiger partial charge on any atom is 0.161 e. The highest BCUT2D eigenvalue weighted by Crippen LogP contribution is 2.33. The molecule has 0 saturated carbocycles. The minimum Gasteiger partial charge on any atom is -0.493 e. The first-order chi connectivity index (χ1) is 8.78. The van der Waals surface area contributed by atoms with Gasteiger partial charge >= 0.3 is 0 Å². The molecule has 0 atom stereocenters. The number of alkyl halides is 1. The maximum absolute atomic E-state index is 12.2. The number of ether oxygens (including phenoxy) is 2. The predicted octanol–water partition coefficient (Wildman–Crippen LogP) is 2.42. The number of halogens is 1. The van der Waals surface area contributed by atoms with Crippen molar-refractivity contribution in [2.45, 2.75) is 19.4 Å². The Morgan fingerprint density at radius 3 is 2.44 bits per heavy atom. The zero-order valence-electron chi connectivity index (χ0n) is 11.0. The standard InChI is InChI=1S/C14H20FNO2/c1-17-13-8-11-4-7-16(6-3-5-15)10-12(11)9-14(13)18-2/h8-9H,3-7,10H2,1-2H3. The van der Waals surface area contributed by atoms with E-state index in [-0.39, 0.29) is 6.67 Å². The minimum absolute atomic E-state index is 0.241. The van der Waals surface area contributed by atoms with E-state index >= 15 is 0 Å². The largest absolute Gasteiger partial charge is 0.493 e. The first kappa shape index (κ1) is 13.1. The second-order valence-electron chi connectivity index (χ2n) is 4.54. The summed E-state index contributed by atoms with van der Waals surface area (Å²) in [6.07, 6.45) is 1.60. The lowest BCUT2D eigenvalue weighted by Crippen LogP contribution is -2.31. The second-order valence-corrected chi connectivity index (χ2v) is 4.54. The third kappa shape index (κ3) is 2.75. The number of hydrogen-bond donors (Lipinski definition) is 0. The van der Waals surface area contributed by atoms with Crippen molar-refractivity contribution in [2.24, 2.45) is 0 Å². The van der Waals surface area contributed by atoms with E-state index in [1.807, 2.05) is 6.07 Å². The summed E-state index contributed by atoms with van der Waals surface area (Å²) in [4.78, 5) is 2.29. The van der Waals surface area contributed by atoms with Crippen LogP contribution in [0.5, 0.6) is 11.5 Å². The quantitative estimate of drug-likeness (QED) is 0.804. The van der Waals surface area contributed by atoms with Crippen molar-refractivity contribution in [2.75, 3.05) is 34.0 Å². The Balaban J connectivity index is 2.16. The third-order valence-corrected chi connectivity index (χ3v) is 3.41. The lowest BCUT2D eigenvalue weighted by Gasteiger charge is -2.29. The van der Waals surface area contributed by atoms with Crippen LogP contribution in [0.4, 0.5) is 4.39 Å². The van der Waals surface area contributed by atoms with Gasteiger partial charge in [0.15, 0.2) is 11.5 Å². The number of hydrogen-bond acceptors (Lipinski definition) is 3. The fraction of sp³-hybridized carbons (Fsp3) is 0.571. The molecular formula is C14H20FNO2. The van der Waals surface area contributed by atoms with Crippen LogP contribution in [-0.4, -0.2) is 38.9 Å². The van der Waals surface area contributed by atoms with Gasteiger partial charge < -0.3 is 9.47 Å². The summed E-state index contributed by atoms with van der Waals surface area (Å²) in [5.74, 6) is 1.55. The summed E-state index contributed by atoms with van der Waals surface area (Å²) in [7, 11) is 3.30. The average molecular weight is 253 g/mol. The molecule has 0 bridgehead atoms. The number of methoxy groups -OCH3 is 2. The Hall–Kier alpha value is -1.29. The first-order valence-corrected chi connectivity index (χ1v) is 6.30. The van der Waals surface area contributed by atoms with Crippen LogP contribution in [0.2, 0.25) is 0 Å². The Bertz CT molecular complexity index is 409. The highest BCUT2D eigenvalue weighted by molar-refractivity contribution is 5.48. The molecule has 2 rings (SSSR count). The monoisotopic (exact) mass is 253 g/mol. The van der Waals surface area contributed by atoms with Crippen molar-refractivity contribution in [3.8, 4) is 11.5 Å². The van der Waals surface area contributed by atoms with Gasteiger partial charge in [0.25, 0.3) is 0 Å². The third-order valence-electron chi connectivity index (χ3n) is 3.41. The molecule has 0 spiro atoms. The lowest BCUT2D eigenvalue weighted by atomic mass is 9.98. The molecule has 0 N–H and O–H groups in total. The molecule has 4 heteroatoms. The fourth-order valence-electron chi connectivity index (χ4n) is 2.42. The highest BCUT2D eigenvalue weighted by atomic mass is 19.1. The Labute approximate surface area is 107 Å². The van der Waals surface area contributed by atoms with Gasteiger partial charge in [-0.05, 0) is 36.1 Å². The molecule has 0 aliphatic carbocycles. The molecule has 0 radical (unpaired) electrons. The van der Waals surface area contributed by atoms with Gasteiger partial charge in [-0.15, -0.1) is 0 Å². The second kappa shape index (κ2) is 6.05. The van der Waals surface area contributed by atoms with Crippen molar-refractivity contribution < 1.29 is 13.9 Å². The van der Waals surface area contributed by atoms with Crippen LogP contribution in [0.25, 0.3) is 0 Å². The van der Waals surface area contributed by atoms with Crippen molar-refractivity contribution in [1.82, 2.24) is 4.90 Å². The lowest BCUT2D eigenvalue weighted by molar-refractivity contribution is 0.240. The zero-order chi connectivity index (χ0) is 13.0. The first-order valence-electron chi connectivity index (χ1n) is 6.30. The molecule has 1 aromatic rings. The van der Waals surface area contributed by atoms with Gasteiger partial charge in [-0.3, -0.25) is 9.29 Å². The van der Waals surface area contributed by atoms with Gasteiger partial charge in [0, 0.05) is 19.6 Å². The molecular weight excluding hydrogens is 233 g/mol. The summed E-state index contributed by atoms with van der Waals surface area (Å²) in [5.41, 5.74) is 2.57. The van der Waals surface area contributed by atoms with Gasteiger partial charge in [0.05, 0.1) is 20.9 Å². The molecule has 0 unspecified atom stereocenters. The van der Waals surface area contributed by atoms with Gasteiger partial charge in [-0.1, -0.05) is 0 Å². The summed E-state index contributed by atoms with van der Waals surface area (Å²) < 4.78 is 22.8. The molecule has 1 heterocycles. The molecule has 0 fully saturated rings. The maximum atomic E-state index is 12.2. The van der Waals surface area contributed by atoms with E-state index in [2.05, 4.69) is 11.0 Å². The molecule has 0 amide bonds. The van der Waals surface area contributed by atoms with Crippen LogP contribution in [0.3, 0.4) is 0 Å². The molecule has 1 aliphatic heterocycles. The van der Waals surface area contributed by atoms with Gasteiger partial charge in [0.1, 0.15) is 0 Å². The fourth-order valence-corrected chi connectivity index (χ4v) is 2.42. The molecule has 0 aromatic heterocycles. The van der Waals surface area contributed by atoms with E-state index in [0.717, 1.165) is 37.6 Å². The molecule has 1 aliphatic rings. The van der Waals surface area contributed by atoms with Gasteiger partial charge in [-0.25, -0.2) is 0 Å². The van der Waals surface area contributed by atoms with Crippen molar-refractivity contribution in [3.63, 3.8) is 0 Å². The summed E-state index contributed by atoms with van der Waals surface area (Å²) >= 11 is 0. The van der Waals surface area contributed by atoms with Crippen molar-refractivity contribution in [1.29, 1.82) is 0 Å². The Kier molecular flexibility index (Phi) is 4.42. The predicted molar refractivity (Wildman–Crippen MR) is 69.1 cm³/mol. The van der Waals surface area contributed by atoms with Crippen molar-refractivity contribution >= 4 is 0 Å².